The number of carbonyl (C=O) groups is 1. The van der Waals surface area contributed by atoms with E-state index in [9.17, 15) is 9.18 Å². The van der Waals surface area contributed by atoms with Crippen LogP contribution in [0.1, 0.15) is 49.9 Å². The van der Waals surface area contributed by atoms with Crippen molar-refractivity contribution in [1.29, 1.82) is 0 Å². The van der Waals surface area contributed by atoms with Gasteiger partial charge in [0, 0.05) is 25.2 Å². The predicted molar refractivity (Wildman–Crippen MR) is 105 cm³/mol. The van der Waals surface area contributed by atoms with Crippen molar-refractivity contribution in [3.8, 4) is 5.75 Å². The Bertz CT molecular complexity index is 818. The number of benzene rings is 2. The fourth-order valence-electron chi connectivity index (χ4n) is 3.71. The number of hydrogen-bond donors (Lipinski definition) is 1. The molecule has 1 atom stereocenters. The molecule has 3 rings (SSSR count). The van der Waals surface area contributed by atoms with Crippen LogP contribution in [0, 0.1) is 5.82 Å². The van der Waals surface area contributed by atoms with Gasteiger partial charge in [0.05, 0.1) is 13.2 Å². The Morgan fingerprint density at radius 2 is 1.96 bits per heavy atom. The summed E-state index contributed by atoms with van der Waals surface area (Å²) < 4.78 is 19.5. The van der Waals surface area contributed by atoms with Crippen LogP contribution in [0.3, 0.4) is 0 Å². The fraction of sp³-hybridized carbons (Fsp3) is 0.409. The van der Waals surface area contributed by atoms with Crippen LogP contribution in [0.25, 0.3) is 0 Å². The molecule has 2 aromatic rings. The first-order valence-corrected chi connectivity index (χ1v) is 9.38. The van der Waals surface area contributed by atoms with E-state index in [1.165, 1.54) is 7.11 Å². The van der Waals surface area contributed by atoms with Gasteiger partial charge in [0.2, 0.25) is 5.91 Å². The highest BCUT2D eigenvalue weighted by atomic mass is 19.1. The van der Waals surface area contributed by atoms with E-state index in [1.807, 2.05) is 49.1 Å². The van der Waals surface area contributed by atoms with Crippen LogP contribution in [0.15, 0.2) is 36.4 Å². The highest BCUT2D eigenvalue weighted by Crippen LogP contribution is 2.38. The second-order valence-electron chi connectivity index (χ2n) is 7.32. The van der Waals surface area contributed by atoms with E-state index in [0.717, 1.165) is 28.8 Å². The van der Waals surface area contributed by atoms with E-state index in [1.54, 1.807) is 13.0 Å². The first-order valence-electron chi connectivity index (χ1n) is 9.38. The third-order valence-electron chi connectivity index (χ3n) is 5.20. The molecular weight excluding hydrogens is 343 g/mol. The molecule has 0 saturated carbocycles. The lowest BCUT2D eigenvalue weighted by molar-refractivity contribution is -0.131. The van der Waals surface area contributed by atoms with Crippen molar-refractivity contribution >= 4 is 11.6 Å². The quantitative estimate of drug-likeness (QED) is 0.802. The van der Waals surface area contributed by atoms with E-state index in [0.29, 0.717) is 18.7 Å². The molecule has 0 spiro atoms. The third kappa shape index (κ3) is 4.07. The Hall–Kier alpha value is -2.56. The molecule has 1 aliphatic rings. The molecule has 144 valence electrons. The van der Waals surface area contributed by atoms with Crippen LogP contribution in [-0.2, 0) is 17.8 Å². The van der Waals surface area contributed by atoms with E-state index >= 15 is 0 Å². The van der Waals surface area contributed by atoms with Gasteiger partial charge in [-0.05, 0) is 61.6 Å². The smallest absolute Gasteiger partial charge is 0.219 e. The molecule has 0 bridgehead atoms. The van der Waals surface area contributed by atoms with Crippen LogP contribution < -0.4 is 10.1 Å². The summed E-state index contributed by atoms with van der Waals surface area (Å²) in [5.74, 6) is 0.138. The SMILES string of the molecule is COc1ccc2c(c1F)CCC2Nc1ccc(CN(C(C)=O)C(C)C)cc1. The van der Waals surface area contributed by atoms with Gasteiger partial charge in [-0.25, -0.2) is 4.39 Å². The van der Waals surface area contributed by atoms with Crippen molar-refractivity contribution in [2.45, 2.75) is 52.2 Å². The number of methoxy groups -OCH3 is 1. The highest BCUT2D eigenvalue weighted by molar-refractivity contribution is 5.73. The molecule has 0 saturated heterocycles. The standard InChI is InChI=1S/C22H27FN2O2/c1-14(2)25(15(3)26)13-16-5-7-17(8-6-16)24-20-11-9-19-18(20)10-12-21(27-4)22(19)23/h5-8,10,12,14,20,24H,9,11,13H2,1-4H3. The van der Waals surface area contributed by atoms with Crippen LogP contribution in [0.2, 0.25) is 0 Å². The summed E-state index contributed by atoms with van der Waals surface area (Å²) in [6.07, 6.45) is 1.56. The molecule has 0 heterocycles. The van der Waals surface area contributed by atoms with Gasteiger partial charge in [-0.3, -0.25) is 4.79 Å². The average molecular weight is 370 g/mol. The zero-order chi connectivity index (χ0) is 19.6. The normalized spacial score (nSPS) is 15.6. The Balaban J connectivity index is 1.70. The minimum Gasteiger partial charge on any atom is -0.494 e. The van der Waals surface area contributed by atoms with E-state index in [2.05, 4.69) is 5.32 Å². The molecule has 0 aromatic heterocycles. The van der Waals surface area contributed by atoms with Gasteiger partial charge < -0.3 is 15.0 Å². The lowest BCUT2D eigenvalue weighted by Crippen LogP contribution is -2.34. The number of hydrogen-bond acceptors (Lipinski definition) is 3. The van der Waals surface area contributed by atoms with Crippen molar-refractivity contribution in [3.05, 3.63) is 58.9 Å². The molecule has 1 unspecified atom stereocenters. The lowest BCUT2D eigenvalue weighted by Gasteiger charge is -2.25. The first-order chi connectivity index (χ1) is 12.9. The Morgan fingerprint density at radius 3 is 2.56 bits per heavy atom. The second-order valence-corrected chi connectivity index (χ2v) is 7.32. The maximum Gasteiger partial charge on any atom is 0.219 e. The van der Waals surface area contributed by atoms with Gasteiger partial charge in [-0.1, -0.05) is 18.2 Å². The van der Waals surface area contributed by atoms with E-state index < -0.39 is 0 Å². The summed E-state index contributed by atoms with van der Waals surface area (Å²) in [5.41, 5.74) is 3.83. The summed E-state index contributed by atoms with van der Waals surface area (Å²) in [4.78, 5) is 13.6. The Kier molecular flexibility index (Phi) is 5.68. The molecule has 1 N–H and O–H groups in total. The molecular formula is C22H27FN2O2. The lowest BCUT2D eigenvalue weighted by atomic mass is 10.1. The van der Waals surface area contributed by atoms with Crippen LogP contribution in [-0.4, -0.2) is 24.0 Å². The van der Waals surface area contributed by atoms with Crippen molar-refractivity contribution in [3.63, 3.8) is 0 Å². The number of ether oxygens (including phenoxy) is 1. The summed E-state index contributed by atoms with van der Waals surface area (Å²) in [6, 6.07) is 12.0. The fourth-order valence-corrected chi connectivity index (χ4v) is 3.71. The number of carbonyl (C=O) groups excluding carboxylic acids is 1. The molecule has 2 aromatic carbocycles. The average Bonchev–Trinajstić information content (AvgIpc) is 3.04. The minimum absolute atomic E-state index is 0.0761. The van der Waals surface area contributed by atoms with Crippen LogP contribution in [0.4, 0.5) is 10.1 Å². The topological polar surface area (TPSA) is 41.6 Å². The zero-order valence-corrected chi connectivity index (χ0v) is 16.4. The highest BCUT2D eigenvalue weighted by Gasteiger charge is 2.26. The van der Waals surface area contributed by atoms with E-state index in [4.69, 9.17) is 4.74 Å². The monoisotopic (exact) mass is 370 g/mol. The summed E-state index contributed by atoms with van der Waals surface area (Å²) in [5, 5.41) is 3.50. The number of nitrogens with one attached hydrogen (secondary N) is 1. The molecule has 27 heavy (non-hydrogen) atoms. The van der Waals surface area contributed by atoms with Gasteiger partial charge >= 0.3 is 0 Å². The molecule has 5 heteroatoms. The van der Waals surface area contributed by atoms with Crippen molar-refractivity contribution in [2.75, 3.05) is 12.4 Å². The number of nitrogens with zero attached hydrogens (tertiary/aromatic N) is 1. The summed E-state index contributed by atoms with van der Waals surface area (Å²) >= 11 is 0. The Labute approximate surface area is 160 Å². The molecule has 0 aliphatic heterocycles. The molecule has 0 fully saturated rings. The molecule has 4 nitrogen and oxygen atoms in total. The van der Waals surface area contributed by atoms with Crippen LogP contribution in [0.5, 0.6) is 5.75 Å². The van der Waals surface area contributed by atoms with Gasteiger partial charge in [0.25, 0.3) is 0 Å². The van der Waals surface area contributed by atoms with Gasteiger partial charge in [0.1, 0.15) is 0 Å². The molecule has 0 radical (unpaired) electrons. The third-order valence-corrected chi connectivity index (χ3v) is 5.20. The summed E-state index contributed by atoms with van der Waals surface area (Å²) in [6.45, 7) is 6.23. The molecule has 1 amide bonds. The number of rotatable bonds is 6. The van der Waals surface area contributed by atoms with Crippen LogP contribution >= 0.6 is 0 Å². The number of anilines is 1. The molecule has 1 aliphatic carbocycles. The number of amides is 1. The maximum absolute atomic E-state index is 14.4. The maximum atomic E-state index is 14.4. The Morgan fingerprint density at radius 1 is 1.26 bits per heavy atom. The summed E-state index contributed by atoms with van der Waals surface area (Å²) in [7, 11) is 1.49. The zero-order valence-electron chi connectivity index (χ0n) is 16.4. The van der Waals surface area contributed by atoms with Gasteiger partial charge in [-0.15, -0.1) is 0 Å². The minimum atomic E-state index is -0.243. The van der Waals surface area contributed by atoms with E-state index in [-0.39, 0.29) is 23.8 Å². The van der Waals surface area contributed by atoms with Crippen molar-refractivity contribution in [2.24, 2.45) is 0 Å². The number of fused-ring (bicyclic) bond motifs is 1. The van der Waals surface area contributed by atoms with Crippen molar-refractivity contribution in [1.82, 2.24) is 4.90 Å². The number of halogens is 1. The van der Waals surface area contributed by atoms with Crippen molar-refractivity contribution < 1.29 is 13.9 Å². The van der Waals surface area contributed by atoms with Gasteiger partial charge in [0.15, 0.2) is 11.6 Å². The van der Waals surface area contributed by atoms with Gasteiger partial charge in [-0.2, -0.15) is 0 Å². The predicted octanol–water partition coefficient (Wildman–Crippen LogP) is 4.69. The largest absolute Gasteiger partial charge is 0.494 e. The first kappa shape index (κ1) is 19.2. The second kappa shape index (κ2) is 7.99.